The summed E-state index contributed by atoms with van der Waals surface area (Å²) in [5.74, 6) is 0.510. The largest absolute Gasteiger partial charge is 0.324 e. The van der Waals surface area contributed by atoms with E-state index in [1.807, 2.05) is 41.2 Å². The Bertz CT molecular complexity index is 745. The van der Waals surface area contributed by atoms with E-state index in [0.717, 1.165) is 11.3 Å². The molecule has 7 nitrogen and oxygen atoms in total. The van der Waals surface area contributed by atoms with Crippen LogP contribution in [0.5, 0.6) is 0 Å². The molecule has 22 heavy (non-hydrogen) atoms. The van der Waals surface area contributed by atoms with Gasteiger partial charge in [0.25, 0.3) is 0 Å². The maximum absolute atomic E-state index is 11.8. The molecule has 0 spiro atoms. The summed E-state index contributed by atoms with van der Waals surface area (Å²) in [5, 5.41) is 13.7. The van der Waals surface area contributed by atoms with Crippen molar-refractivity contribution < 1.29 is 4.79 Å². The second kappa shape index (κ2) is 6.13. The van der Waals surface area contributed by atoms with E-state index < -0.39 is 0 Å². The first-order valence-electron chi connectivity index (χ1n) is 6.83. The third-order valence-corrected chi connectivity index (χ3v) is 3.07. The number of nitrogens with one attached hydrogen (secondary N) is 2. The van der Waals surface area contributed by atoms with E-state index in [9.17, 15) is 4.79 Å². The van der Waals surface area contributed by atoms with Gasteiger partial charge in [-0.2, -0.15) is 10.2 Å². The summed E-state index contributed by atoms with van der Waals surface area (Å²) in [6, 6.07) is 10.9. The molecule has 0 bridgehead atoms. The van der Waals surface area contributed by atoms with Gasteiger partial charge < -0.3 is 5.32 Å². The second-order valence-electron chi connectivity index (χ2n) is 4.85. The average Bonchev–Trinajstić information content (AvgIpc) is 3.13. The number of aromatic nitrogens is 4. The molecular formula is C15H16N6O. The maximum atomic E-state index is 11.8. The van der Waals surface area contributed by atoms with Gasteiger partial charge in [0.2, 0.25) is 0 Å². The van der Waals surface area contributed by atoms with Crippen LogP contribution in [0.4, 0.5) is 16.3 Å². The standard InChI is InChI=1S/C15H16N6O/c1-20-10-7-14(19-20)18-15(22)17-13-5-3-12(4-6-13)11-21-9-2-8-16-21/h2-10H,11H2,1H3,(H2,17,18,19,22). The molecule has 2 amide bonds. The molecule has 1 aromatic carbocycles. The lowest BCUT2D eigenvalue weighted by atomic mass is 10.2. The minimum Gasteiger partial charge on any atom is -0.308 e. The lowest BCUT2D eigenvalue weighted by Crippen LogP contribution is -2.19. The summed E-state index contributed by atoms with van der Waals surface area (Å²) >= 11 is 0. The van der Waals surface area contributed by atoms with Crippen LogP contribution >= 0.6 is 0 Å². The Morgan fingerprint density at radius 2 is 1.95 bits per heavy atom. The molecule has 0 saturated carbocycles. The molecule has 0 saturated heterocycles. The first kappa shape index (κ1) is 13.9. The van der Waals surface area contributed by atoms with E-state index in [2.05, 4.69) is 20.8 Å². The first-order chi connectivity index (χ1) is 10.7. The van der Waals surface area contributed by atoms with Crippen LogP contribution in [0.2, 0.25) is 0 Å². The maximum Gasteiger partial charge on any atom is 0.324 e. The highest BCUT2D eigenvalue weighted by atomic mass is 16.2. The normalized spacial score (nSPS) is 10.4. The van der Waals surface area contributed by atoms with Gasteiger partial charge in [0, 0.05) is 37.4 Å². The first-order valence-corrected chi connectivity index (χ1v) is 6.83. The lowest BCUT2D eigenvalue weighted by Gasteiger charge is -2.07. The lowest BCUT2D eigenvalue weighted by molar-refractivity contribution is 0.262. The summed E-state index contributed by atoms with van der Waals surface area (Å²) in [5.41, 5.74) is 1.83. The van der Waals surface area contributed by atoms with Crippen LogP contribution in [0.25, 0.3) is 0 Å². The number of benzene rings is 1. The van der Waals surface area contributed by atoms with Gasteiger partial charge in [0.15, 0.2) is 5.82 Å². The number of hydrogen-bond donors (Lipinski definition) is 2. The summed E-state index contributed by atoms with van der Waals surface area (Å²) in [4.78, 5) is 11.8. The molecule has 112 valence electrons. The number of urea groups is 1. The molecule has 0 unspecified atom stereocenters. The van der Waals surface area contributed by atoms with Crippen molar-refractivity contribution in [2.45, 2.75) is 6.54 Å². The Kier molecular flexibility index (Phi) is 3.86. The fourth-order valence-corrected chi connectivity index (χ4v) is 2.03. The number of carbonyl (C=O) groups is 1. The highest BCUT2D eigenvalue weighted by molar-refractivity contribution is 5.99. The SMILES string of the molecule is Cn1ccc(NC(=O)Nc2ccc(Cn3cccn3)cc2)n1. The minimum atomic E-state index is -0.321. The van der Waals surface area contributed by atoms with Crippen molar-refractivity contribution in [3.8, 4) is 0 Å². The van der Waals surface area contributed by atoms with Crippen molar-refractivity contribution in [2.24, 2.45) is 7.05 Å². The van der Waals surface area contributed by atoms with Gasteiger partial charge >= 0.3 is 6.03 Å². The number of rotatable bonds is 4. The molecule has 2 N–H and O–H groups in total. The van der Waals surface area contributed by atoms with Crippen molar-refractivity contribution in [1.82, 2.24) is 19.6 Å². The highest BCUT2D eigenvalue weighted by Crippen LogP contribution is 2.11. The van der Waals surface area contributed by atoms with E-state index in [1.54, 1.807) is 30.2 Å². The van der Waals surface area contributed by atoms with Gasteiger partial charge in [-0.05, 0) is 23.8 Å². The summed E-state index contributed by atoms with van der Waals surface area (Å²) in [6.45, 7) is 0.702. The van der Waals surface area contributed by atoms with E-state index in [0.29, 0.717) is 12.4 Å². The quantitative estimate of drug-likeness (QED) is 0.775. The smallest absolute Gasteiger partial charge is 0.308 e. The van der Waals surface area contributed by atoms with Gasteiger partial charge in [0.05, 0.1) is 6.54 Å². The van der Waals surface area contributed by atoms with Crippen LogP contribution in [-0.2, 0) is 13.6 Å². The Morgan fingerprint density at radius 1 is 1.14 bits per heavy atom. The Balaban J connectivity index is 1.57. The van der Waals surface area contributed by atoms with E-state index >= 15 is 0 Å². The van der Waals surface area contributed by atoms with Crippen LogP contribution in [0.15, 0.2) is 55.0 Å². The zero-order valence-electron chi connectivity index (χ0n) is 12.1. The van der Waals surface area contributed by atoms with Crippen molar-refractivity contribution in [3.05, 3.63) is 60.6 Å². The topological polar surface area (TPSA) is 76.8 Å². The zero-order chi connectivity index (χ0) is 15.4. The molecule has 3 rings (SSSR count). The van der Waals surface area contributed by atoms with Crippen molar-refractivity contribution in [3.63, 3.8) is 0 Å². The van der Waals surface area contributed by atoms with Crippen molar-refractivity contribution >= 4 is 17.5 Å². The summed E-state index contributed by atoms with van der Waals surface area (Å²) < 4.78 is 3.47. The molecule has 7 heteroatoms. The Hall–Kier alpha value is -3.09. The van der Waals surface area contributed by atoms with Gasteiger partial charge in [-0.25, -0.2) is 4.79 Å². The summed E-state index contributed by atoms with van der Waals surface area (Å²) in [7, 11) is 1.79. The number of nitrogens with zero attached hydrogens (tertiary/aromatic N) is 4. The Labute approximate surface area is 127 Å². The fourth-order valence-electron chi connectivity index (χ4n) is 2.03. The molecule has 0 aliphatic heterocycles. The molecule has 0 radical (unpaired) electrons. The van der Waals surface area contributed by atoms with Crippen LogP contribution in [0, 0.1) is 0 Å². The molecule has 0 atom stereocenters. The second-order valence-corrected chi connectivity index (χ2v) is 4.85. The third kappa shape index (κ3) is 3.51. The predicted octanol–water partition coefficient (Wildman–Crippen LogP) is 2.31. The molecular weight excluding hydrogens is 280 g/mol. The number of anilines is 2. The number of hydrogen-bond acceptors (Lipinski definition) is 3. The van der Waals surface area contributed by atoms with Gasteiger partial charge in [-0.3, -0.25) is 14.7 Å². The predicted molar refractivity (Wildman–Crippen MR) is 83.6 cm³/mol. The van der Waals surface area contributed by atoms with Crippen molar-refractivity contribution in [1.29, 1.82) is 0 Å². The molecule has 0 aliphatic rings. The van der Waals surface area contributed by atoms with Crippen LogP contribution < -0.4 is 10.6 Å². The monoisotopic (exact) mass is 296 g/mol. The Morgan fingerprint density at radius 3 is 2.59 bits per heavy atom. The summed E-state index contributed by atoms with van der Waals surface area (Å²) in [6.07, 6.45) is 5.42. The van der Waals surface area contributed by atoms with Crippen LogP contribution in [-0.4, -0.2) is 25.6 Å². The van der Waals surface area contributed by atoms with Crippen LogP contribution in [0.1, 0.15) is 5.56 Å². The third-order valence-electron chi connectivity index (χ3n) is 3.07. The average molecular weight is 296 g/mol. The van der Waals surface area contributed by atoms with E-state index in [4.69, 9.17) is 0 Å². The van der Waals surface area contributed by atoms with E-state index in [-0.39, 0.29) is 6.03 Å². The fraction of sp³-hybridized carbons (Fsp3) is 0.133. The van der Waals surface area contributed by atoms with Gasteiger partial charge in [0.1, 0.15) is 0 Å². The van der Waals surface area contributed by atoms with Gasteiger partial charge in [-0.15, -0.1) is 0 Å². The van der Waals surface area contributed by atoms with Crippen LogP contribution in [0.3, 0.4) is 0 Å². The number of amides is 2. The minimum absolute atomic E-state index is 0.321. The highest BCUT2D eigenvalue weighted by Gasteiger charge is 2.04. The van der Waals surface area contributed by atoms with E-state index in [1.165, 1.54) is 0 Å². The molecule has 0 fully saturated rings. The van der Waals surface area contributed by atoms with Gasteiger partial charge in [-0.1, -0.05) is 12.1 Å². The molecule has 3 aromatic rings. The molecule has 2 aromatic heterocycles. The number of carbonyl (C=O) groups excluding carboxylic acids is 1. The molecule has 2 heterocycles. The number of aryl methyl sites for hydroxylation is 1. The molecule has 0 aliphatic carbocycles. The van der Waals surface area contributed by atoms with Crippen molar-refractivity contribution in [2.75, 3.05) is 10.6 Å². The zero-order valence-corrected chi connectivity index (χ0v) is 12.1.